The minimum Gasteiger partial charge on any atom is -0.481 e. The van der Waals surface area contributed by atoms with Gasteiger partial charge in [0.15, 0.2) is 0 Å². The van der Waals surface area contributed by atoms with Gasteiger partial charge in [-0.05, 0) is 37.0 Å². The number of hydrogen-bond acceptors (Lipinski definition) is 2. The van der Waals surface area contributed by atoms with Crippen molar-refractivity contribution in [3.05, 3.63) is 35.4 Å². The fourth-order valence-corrected chi connectivity index (χ4v) is 2.43. The predicted molar refractivity (Wildman–Crippen MR) is 81.3 cm³/mol. The van der Waals surface area contributed by atoms with Gasteiger partial charge in [0.2, 0.25) is 0 Å². The molecule has 1 aliphatic rings. The fourth-order valence-electron chi connectivity index (χ4n) is 2.43. The number of carbonyl (C=O) groups excluding carboxylic acids is 1. The molecule has 4 heteroatoms. The Morgan fingerprint density at radius 1 is 1.29 bits per heavy atom. The summed E-state index contributed by atoms with van der Waals surface area (Å²) in [5.74, 6) is -1.44. The van der Waals surface area contributed by atoms with Crippen LogP contribution in [0.2, 0.25) is 0 Å². The first kappa shape index (κ1) is 15.5. The molecule has 1 aromatic carbocycles. The molecule has 1 saturated carbocycles. The summed E-state index contributed by atoms with van der Waals surface area (Å²) in [5, 5.41) is 9.04. The highest BCUT2D eigenvalue weighted by Gasteiger charge is 2.34. The minimum absolute atomic E-state index is 0.0475. The zero-order valence-corrected chi connectivity index (χ0v) is 12.7. The molecule has 0 bridgehead atoms. The Morgan fingerprint density at radius 3 is 2.38 bits per heavy atom. The van der Waals surface area contributed by atoms with Crippen LogP contribution >= 0.6 is 0 Å². The number of amides is 1. The van der Waals surface area contributed by atoms with E-state index in [2.05, 4.69) is 6.92 Å². The van der Waals surface area contributed by atoms with Crippen molar-refractivity contribution < 1.29 is 14.7 Å². The largest absolute Gasteiger partial charge is 0.481 e. The molecule has 114 valence electrons. The van der Waals surface area contributed by atoms with Crippen LogP contribution in [0.5, 0.6) is 0 Å². The molecule has 0 heterocycles. The van der Waals surface area contributed by atoms with Gasteiger partial charge in [0.25, 0.3) is 5.91 Å². The average Bonchev–Trinajstić information content (AvgIpc) is 3.29. The molecule has 0 saturated heterocycles. The third kappa shape index (κ3) is 4.06. The van der Waals surface area contributed by atoms with E-state index in [1.54, 1.807) is 11.8 Å². The van der Waals surface area contributed by atoms with Crippen molar-refractivity contribution in [2.75, 3.05) is 6.54 Å². The van der Waals surface area contributed by atoms with Gasteiger partial charge in [-0.25, -0.2) is 0 Å². The van der Waals surface area contributed by atoms with Crippen LogP contribution in [0.1, 0.15) is 49.0 Å². The second-order valence-electron chi connectivity index (χ2n) is 5.87. The Kier molecular flexibility index (Phi) is 4.99. The molecule has 1 N–H and O–H groups in total. The summed E-state index contributed by atoms with van der Waals surface area (Å²) >= 11 is 0. The molecule has 2 rings (SSSR count). The Bertz CT molecular complexity index is 505. The molecule has 1 amide bonds. The second-order valence-corrected chi connectivity index (χ2v) is 5.87. The number of rotatable bonds is 7. The predicted octanol–water partition coefficient (Wildman–Crippen LogP) is 2.96. The molecule has 0 radical (unpaired) electrons. The van der Waals surface area contributed by atoms with Crippen molar-refractivity contribution in [2.45, 2.75) is 45.6 Å². The molecule has 4 nitrogen and oxygen atoms in total. The highest BCUT2D eigenvalue weighted by atomic mass is 16.4. The van der Waals surface area contributed by atoms with E-state index in [0.717, 1.165) is 25.7 Å². The molecule has 1 fully saturated rings. The Balaban J connectivity index is 2.09. The van der Waals surface area contributed by atoms with E-state index in [0.29, 0.717) is 5.56 Å². The second kappa shape index (κ2) is 6.74. The third-order valence-corrected chi connectivity index (χ3v) is 3.88. The van der Waals surface area contributed by atoms with Crippen LogP contribution in [0.4, 0.5) is 0 Å². The zero-order chi connectivity index (χ0) is 15.4. The number of carbonyl (C=O) groups is 2. The SMILES string of the molecule is CCCc1ccc(C(=O)N(CC(C)C(=O)O)C2CC2)cc1. The number of nitrogens with zero attached hydrogens (tertiary/aromatic N) is 1. The van der Waals surface area contributed by atoms with Gasteiger partial charge >= 0.3 is 5.97 Å². The van der Waals surface area contributed by atoms with Gasteiger partial charge in [0, 0.05) is 18.2 Å². The first-order valence-corrected chi connectivity index (χ1v) is 7.65. The maximum atomic E-state index is 12.6. The summed E-state index contributed by atoms with van der Waals surface area (Å²) < 4.78 is 0. The minimum atomic E-state index is -0.855. The lowest BCUT2D eigenvalue weighted by atomic mass is 10.1. The van der Waals surface area contributed by atoms with Crippen LogP contribution in [-0.2, 0) is 11.2 Å². The number of hydrogen-bond donors (Lipinski definition) is 1. The smallest absolute Gasteiger partial charge is 0.308 e. The standard InChI is InChI=1S/C17H23NO3/c1-3-4-13-5-7-14(8-6-13)16(19)18(15-9-10-15)11-12(2)17(20)21/h5-8,12,15H,3-4,9-11H2,1-2H3,(H,20,21). The van der Waals surface area contributed by atoms with E-state index < -0.39 is 11.9 Å². The van der Waals surface area contributed by atoms with Gasteiger partial charge < -0.3 is 10.0 Å². The zero-order valence-electron chi connectivity index (χ0n) is 12.7. The maximum absolute atomic E-state index is 12.6. The molecule has 0 spiro atoms. The van der Waals surface area contributed by atoms with Crippen LogP contribution in [0.3, 0.4) is 0 Å². The molecular formula is C17H23NO3. The van der Waals surface area contributed by atoms with E-state index >= 15 is 0 Å². The van der Waals surface area contributed by atoms with E-state index in [1.807, 2.05) is 24.3 Å². The maximum Gasteiger partial charge on any atom is 0.308 e. The first-order valence-electron chi connectivity index (χ1n) is 7.65. The summed E-state index contributed by atoms with van der Waals surface area (Å²) in [5.41, 5.74) is 1.88. The number of aryl methyl sites for hydroxylation is 1. The average molecular weight is 289 g/mol. The van der Waals surface area contributed by atoms with Crippen LogP contribution in [-0.4, -0.2) is 34.5 Å². The molecule has 1 aliphatic carbocycles. The van der Waals surface area contributed by atoms with E-state index in [9.17, 15) is 9.59 Å². The molecule has 1 aromatic rings. The van der Waals surface area contributed by atoms with Crippen molar-refractivity contribution in [1.82, 2.24) is 4.90 Å². The fraction of sp³-hybridized carbons (Fsp3) is 0.529. The molecule has 0 aromatic heterocycles. The van der Waals surface area contributed by atoms with Crippen molar-refractivity contribution in [3.8, 4) is 0 Å². The topological polar surface area (TPSA) is 57.6 Å². The van der Waals surface area contributed by atoms with Gasteiger partial charge in [-0.3, -0.25) is 9.59 Å². The van der Waals surface area contributed by atoms with E-state index in [-0.39, 0.29) is 18.5 Å². The number of benzene rings is 1. The van der Waals surface area contributed by atoms with Crippen LogP contribution in [0.15, 0.2) is 24.3 Å². The van der Waals surface area contributed by atoms with Crippen molar-refractivity contribution in [2.24, 2.45) is 5.92 Å². The highest BCUT2D eigenvalue weighted by Crippen LogP contribution is 2.29. The quantitative estimate of drug-likeness (QED) is 0.839. The van der Waals surface area contributed by atoms with Gasteiger partial charge in [0.05, 0.1) is 5.92 Å². The number of carboxylic acid groups (broad SMARTS) is 1. The van der Waals surface area contributed by atoms with Crippen molar-refractivity contribution in [1.29, 1.82) is 0 Å². The van der Waals surface area contributed by atoms with Gasteiger partial charge in [-0.1, -0.05) is 32.4 Å². The molecule has 21 heavy (non-hydrogen) atoms. The summed E-state index contributed by atoms with van der Waals surface area (Å²) in [6.07, 6.45) is 4.05. The lowest BCUT2D eigenvalue weighted by molar-refractivity contribution is -0.141. The van der Waals surface area contributed by atoms with Crippen LogP contribution < -0.4 is 0 Å². The lowest BCUT2D eigenvalue weighted by Crippen LogP contribution is -2.38. The van der Waals surface area contributed by atoms with Crippen molar-refractivity contribution in [3.63, 3.8) is 0 Å². The number of aliphatic carboxylic acids is 1. The first-order chi connectivity index (χ1) is 10.0. The Hall–Kier alpha value is -1.84. The van der Waals surface area contributed by atoms with Gasteiger partial charge in [-0.15, -0.1) is 0 Å². The summed E-state index contributed by atoms with van der Waals surface area (Å²) in [7, 11) is 0. The Labute approximate surface area is 125 Å². The number of carboxylic acids is 1. The monoisotopic (exact) mass is 289 g/mol. The summed E-state index contributed by atoms with van der Waals surface area (Å²) in [6, 6.07) is 7.90. The van der Waals surface area contributed by atoms with Gasteiger partial charge in [-0.2, -0.15) is 0 Å². The molecular weight excluding hydrogens is 266 g/mol. The third-order valence-electron chi connectivity index (χ3n) is 3.88. The highest BCUT2D eigenvalue weighted by molar-refractivity contribution is 5.95. The molecule has 1 atom stereocenters. The summed E-state index contributed by atoms with van der Waals surface area (Å²) in [6.45, 7) is 4.06. The molecule has 1 unspecified atom stereocenters. The summed E-state index contributed by atoms with van der Waals surface area (Å²) in [4.78, 5) is 25.3. The molecule has 0 aliphatic heterocycles. The van der Waals surface area contributed by atoms with Crippen LogP contribution in [0, 0.1) is 5.92 Å². The lowest BCUT2D eigenvalue weighted by Gasteiger charge is -2.24. The normalized spacial score (nSPS) is 15.5. The van der Waals surface area contributed by atoms with Gasteiger partial charge in [0.1, 0.15) is 0 Å². The van der Waals surface area contributed by atoms with Crippen LogP contribution in [0.25, 0.3) is 0 Å². The Morgan fingerprint density at radius 2 is 1.90 bits per heavy atom. The van der Waals surface area contributed by atoms with Crippen molar-refractivity contribution >= 4 is 11.9 Å². The van der Waals surface area contributed by atoms with E-state index in [4.69, 9.17) is 5.11 Å². The van der Waals surface area contributed by atoms with E-state index in [1.165, 1.54) is 5.56 Å².